The van der Waals surface area contributed by atoms with Gasteiger partial charge in [-0.3, -0.25) is 9.59 Å². The molecule has 0 radical (unpaired) electrons. The van der Waals surface area contributed by atoms with Crippen LogP contribution >= 0.6 is 0 Å². The lowest BCUT2D eigenvalue weighted by molar-refractivity contribution is -0.118. The Morgan fingerprint density at radius 1 is 1.06 bits per heavy atom. The van der Waals surface area contributed by atoms with Crippen molar-refractivity contribution < 1.29 is 18.0 Å². The summed E-state index contributed by atoms with van der Waals surface area (Å²) in [5, 5.41) is 5.60. The molecule has 0 bridgehead atoms. The van der Waals surface area contributed by atoms with Gasteiger partial charge in [-0.25, -0.2) is 8.42 Å². The minimum absolute atomic E-state index is 0.0370. The lowest BCUT2D eigenvalue weighted by atomic mass is 10.1. The monoisotopic (exact) mass is 443 g/mol. The molecule has 3 rings (SSSR count). The number of sulfone groups is 1. The molecule has 1 unspecified atom stereocenters. The molecule has 1 fully saturated rings. The maximum absolute atomic E-state index is 12.9. The van der Waals surface area contributed by atoms with Crippen LogP contribution in [0.3, 0.4) is 0 Å². The van der Waals surface area contributed by atoms with Gasteiger partial charge in [-0.15, -0.1) is 0 Å². The molecule has 0 spiro atoms. The first-order chi connectivity index (χ1) is 14.8. The maximum atomic E-state index is 12.9. The summed E-state index contributed by atoms with van der Waals surface area (Å²) in [7, 11) is -3.57. The SMILES string of the molecule is CCCC(NC(=O)c1ccccc1S(C)(=O)=O)C(=O)Nc1cccc(N2CCCC2)c1. The lowest BCUT2D eigenvalue weighted by Gasteiger charge is -2.21. The summed E-state index contributed by atoms with van der Waals surface area (Å²) < 4.78 is 24.0. The summed E-state index contributed by atoms with van der Waals surface area (Å²) in [4.78, 5) is 28.0. The number of anilines is 2. The third-order valence-corrected chi connectivity index (χ3v) is 6.47. The number of hydrogen-bond acceptors (Lipinski definition) is 5. The van der Waals surface area contributed by atoms with Gasteiger partial charge in [-0.1, -0.05) is 31.5 Å². The van der Waals surface area contributed by atoms with Gasteiger partial charge in [-0.05, 0) is 49.6 Å². The van der Waals surface area contributed by atoms with Crippen LogP contribution in [0.2, 0.25) is 0 Å². The summed E-state index contributed by atoms with van der Waals surface area (Å²) >= 11 is 0. The first-order valence-corrected chi connectivity index (χ1v) is 12.4. The number of amides is 2. The zero-order valence-corrected chi connectivity index (χ0v) is 18.7. The summed E-state index contributed by atoms with van der Waals surface area (Å²) in [5.41, 5.74) is 1.77. The molecule has 1 heterocycles. The van der Waals surface area contributed by atoms with Crippen LogP contribution in [0.5, 0.6) is 0 Å². The van der Waals surface area contributed by atoms with Crippen molar-refractivity contribution in [3.63, 3.8) is 0 Å². The number of benzene rings is 2. The Labute approximate surface area is 183 Å². The predicted octanol–water partition coefficient (Wildman–Crippen LogP) is 3.23. The van der Waals surface area contributed by atoms with E-state index in [-0.39, 0.29) is 16.4 Å². The Bertz CT molecular complexity index is 1050. The van der Waals surface area contributed by atoms with E-state index in [2.05, 4.69) is 15.5 Å². The fourth-order valence-electron chi connectivity index (χ4n) is 3.76. The minimum atomic E-state index is -3.57. The molecule has 2 aromatic rings. The van der Waals surface area contributed by atoms with Crippen molar-refractivity contribution in [2.75, 3.05) is 29.6 Å². The molecular weight excluding hydrogens is 414 g/mol. The molecule has 7 nitrogen and oxygen atoms in total. The number of carbonyl (C=O) groups excluding carboxylic acids is 2. The van der Waals surface area contributed by atoms with E-state index in [9.17, 15) is 18.0 Å². The van der Waals surface area contributed by atoms with Gasteiger partial charge in [-0.2, -0.15) is 0 Å². The average molecular weight is 444 g/mol. The van der Waals surface area contributed by atoms with Crippen LogP contribution in [-0.2, 0) is 14.6 Å². The second-order valence-electron chi connectivity index (χ2n) is 7.82. The third kappa shape index (κ3) is 5.85. The van der Waals surface area contributed by atoms with Crippen LogP contribution in [-0.4, -0.2) is 45.6 Å². The number of carbonyl (C=O) groups is 2. The summed E-state index contributed by atoms with van der Waals surface area (Å²) in [6.45, 7) is 3.93. The molecule has 1 aliphatic rings. The molecule has 2 aromatic carbocycles. The zero-order valence-electron chi connectivity index (χ0n) is 17.9. The molecule has 0 aromatic heterocycles. The van der Waals surface area contributed by atoms with Crippen molar-refractivity contribution in [3.05, 3.63) is 54.1 Å². The topological polar surface area (TPSA) is 95.6 Å². The normalized spacial score (nSPS) is 14.8. The number of nitrogens with one attached hydrogen (secondary N) is 2. The van der Waals surface area contributed by atoms with Gasteiger partial charge < -0.3 is 15.5 Å². The summed E-state index contributed by atoms with van der Waals surface area (Å²) in [5.74, 6) is -0.911. The first-order valence-electron chi connectivity index (χ1n) is 10.6. The van der Waals surface area contributed by atoms with Crippen LogP contribution < -0.4 is 15.5 Å². The Kier molecular flexibility index (Phi) is 7.33. The summed E-state index contributed by atoms with van der Waals surface area (Å²) in [6.07, 6.45) is 4.50. The highest BCUT2D eigenvalue weighted by Gasteiger charge is 2.24. The Hall–Kier alpha value is -2.87. The molecule has 1 atom stereocenters. The maximum Gasteiger partial charge on any atom is 0.253 e. The lowest BCUT2D eigenvalue weighted by Crippen LogP contribution is -2.44. The van der Waals surface area contributed by atoms with E-state index in [1.807, 2.05) is 31.2 Å². The van der Waals surface area contributed by atoms with E-state index in [1.165, 1.54) is 12.1 Å². The van der Waals surface area contributed by atoms with Gasteiger partial charge in [0.15, 0.2) is 9.84 Å². The molecule has 2 amide bonds. The van der Waals surface area contributed by atoms with Crippen LogP contribution in [0, 0.1) is 0 Å². The molecule has 8 heteroatoms. The fourth-order valence-corrected chi connectivity index (χ4v) is 4.64. The van der Waals surface area contributed by atoms with Crippen molar-refractivity contribution >= 4 is 33.0 Å². The second kappa shape index (κ2) is 9.96. The van der Waals surface area contributed by atoms with Gasteiger partial charge in [0.05, 0.1) is 10.5 Å². The molecule has 166 valence electrons. The highest BCUT2D eigenvalue weighted by atomic mass is 32.2. The first kappa shape index (κ1) is 22.8. The van der Waals surface area contributed by atoms with Crippen molar-refractivity contribution in [2.45, 2.75) is 43.5 Å². The van der Waals surface area contributed by atoms with Crippen molar-refractivity contribution in [2.24, 2.45) is 0 Å². The summed E-state index contributed by atoms with van der Waals surface area (Å²) in [6, 6.07) is 12.9. The van der Waals surface area contributed by atoms with E-state index in [4.69, 9.17) is 0 Å². The molecule has 1 aliphatic heterocycles. The number of hydrogen-bond donors (Lipinski definition) is 2. The van der Waals surface area contributed by atoms with E-state index in [0.717, 1.165) is 37.9 Å². The van der Waals surface area contributed by atoms with Gasteiger partial charge in [0.2, 0.25) is 5.91 Å². The second-order valence-corrected chi connectivity index (χ2v) is 9.80. The highest BCUT2D eigenvalue weighted by Crippen LogP contribution is 2.23. The standard InChI is InChI=1S/C23H29N3O4S/c1-3-9-20(25-22(27)19-12-4-5-13-21(19)31(2,29)30)23(28)24-17-10-8-11-18(16-17)26-14-6-7-15-26/h4-5,8,10-13,16,20H,3,6-7,9,14-15H2,1-2H3,(H,24,28)(H,25,27). The fraction of sp³-hybridized carbons (Fsp3) is 0.391. The van der Waals surface area contributed by atoms with Crippen LogP contribution in [0.1, 0.15) is 43.0 Å². The largest absolute Gasteiger partial charge is 0.371 e. The predicted molar refractivity (Wildman–Crippen MR) is 122 cm³/mol. The van der Waals surface area contributed by atoms with Gasteiger partial charge >= 0.3 is 0 Å². The van der Waals surface area contributed by atoms with Crippen molar-refractivity contribution in [1.29, 1.82) is 0 Å². The molecule has 0 aliphatic carbocycles. The van der Waals surface area contributed by atoms with Gasteiger partial charge in [0, 0.05) is 30.7 Å². The van der Waals surface area contributed by atoms with E-state index in [0.29, 0.717) is 18.5 Å². The number of nitrogens with zero attached hydrogens (tertiary/aromatic N) is 1. The van der Waals surface area contributed by atoms with E-state index in [1.54, 1.807) is 12.1 Å². The zero-order chi connectivity index (χ0) is 22.4. The molecule has 31 heavy (non-hydrogen) atoms. The minimum Gasteiger partial charge on any atom is -0.371 e. The van der Waals surface area contributed by atoms with Crippen LogP contribution in [0.15, 0.2) is 53.4 Å². The Balaban J connectivity index is 1.74. The average Bonchev–Trinajstić information content (AvgIpc) is 3.28. The molecule has 0 saturated carbocycles. The van der Waals surface area contributed by atoms with Gasteiger partial charge in [0.1, 0.15) is 6.04 Å². The smallest absolute Gasteiger partial charge is 0.253 e. The van der Waals surface area contributed by atoms with Crippen molar-refractivity contribution in [1.82, 2.24) is 5.32 Å². The Morgan fingerprint density at radius 2 is 1.77 bits per heavy atom. The molecule has 1 saturated heterocycles. The van der Waals surface area contributed by atoms with Crippen LogP contribution in [0.25, 0.3) is 0 Å². The van der Waals surface area contributed by atoms with E-state index < -0.39 is 21.8 Å². The quantitative estimate of drug-likeness (QED) is 0.653. The van der Waals surface area contributed by atoms with E-state index >= 15 is 0 Å². The third-order valence-electron chi connectivity index (χ3n) is 5.32. The molecular formula is C23H29N3O4S. The van der Waals surface area contributed by atoms with Crippen LogP contribution in [0.4, 0.5) is 11.4 Å². The van der Waals surface area contributed by atoms with Gasteiger partial charge in [0.25, 0.3) is 5.91 Å². The number of rotatable bonds is 8. The Morgan fingerprint density at radius 3 is 2.45 bits per heavy atom. The highest BCUT2D eigenvalue weighted by molar-refractivity contribution is 7.90. The van der Waals surface area contributed by atoms with Crippen molar-refractivity contribution in [3.8, 4) is 0 Å². The molecule has 2 N–H and O–H groups in total.